The van der Waals surface area contributed by atoms with Crippen LogP contribution < -0.4 is 0 Å². The topological polar surface area (TPSA) is 34.1 Å². The van der Waals surface area contributed by atoms with Crippen molar-refractivity contribution >= 4 is 58.6 Å². The highest BCUT2D eigenvalue weighted by atomic mass is 32.2. The molecule has 0 atom stereocenters. The van der Waals surface area contributed by atoms with Crippen LogP contribution >= 0.6 is 47.0 Å². The average molecular weight is 863 g/mol. The van der Waals surface area contributed by atoms with Crippen LogP contribution in [0.25, 0.3) is 11.1 Å². The van der Waals surface area contributed by atoms with Crippen LogP contribution in [0.4, 0.5) is 0 Å². The first-order valence-corrected chi connectivity index (χ1v) is 24.4. The molecule has 0 aliphatic heterocycles. The van der Waals surface area contributed by atoms with Crippen LogP contribution in [0.2, 0.25) is 0 Å². The van der Waals surface area contributed by atoms with Gasteiger partial charge in [0, 0.05) is 56.5 Å². The third-order valence-corrected chi connectivity index (χ3v) is 15.7. The monoisotopic (exact) mass is 862 g/mol. The Kier molecular flexibility index (Phi) is 14.7. The number of ketones is 2. The second-order valence-corrected chi connectivity index (χ2v) is 20.7. The van der Waals surface area contributed by atoms with Gasteiger partial charge in [-0.05, 0) is 129 Å². The third-order valence-electron chi connectivity index (χ3n) is 11.4. The summed E-state index contributed by atoms with van der Waals surface area (Å²) in [4.78, 5) is 37.8. The summed E-state index contributed by atoms with van der Waals surface area (Å²) in [6, 6.07) is 25.8. The molecule has 0 spiro atoms. The average Bonchev–Trinajstić information content (AvgIpc) is 3.25. The summed E-state index contributed by atoms with van der Waals surface area (Å²) >= 11 is 6.11. The largest absolute Gasteiger partial charge is 0.288 e. The molecule has 3 aliphatic carbocycles. The highest BCUT2D eigenvalue weighted by Gasteiger charge is 2.38. The second-order valence-electron chi connectivity index (χ2n) is 16.1. The minimum absolute atomic E-state index is 0.120. The van der Waals surface area contributed by atoms with Crippen molar-refractivity contribution in [3.05, 3.63) is 182 Å². The maximum Gasteiger partial charge on any atom is 0.196 e. The van der Waals surface area contributed by atoms with Crippen molar-refractivity contribution in [3.8, 4) is 11.1 Å². The summed E-state index contributed by atoms with van der Waals surface area (Å²) < 4.78 is 0. The van der Waals surface area contributed by atoms with Crippen LogP contribution in [0.1, 0.15) is 123 Å². The molecule has 0 heterocycles. The van der Waals surface area contributed by atoms with Gasteiger partial charge in [-0.1, -0.05) is 171 Å². The van der Waals surface area contributed by atoms with E-state index in [9.17, 15) is 0 Å². The number of carbonyl (C=O) groups excluding carboxylic acids is 2. The predicted octanol–water partition coefficient (Wildman–Crippen LogP) is 17.0. The van der Waals surface area contributed by atoms with E-state index in [0.717, 1.165) is 70.6 Å². The Morgan fingerprint density at radius 3 is 1.82 bits per heavy atom. The van der Waals surface area contributed by atoms with Crippen molar-refractivity contribution in [2.75, 3.05) is 0 Å². The van der Waals surface area contributed by atoms with E-state index in [0.29, 0.717) is 28.2 Å². The molecule has 306 valence electrons. The molecule has 0 amide bonds. The highest BCUT2D eigenvalue weighted by molar-refractivity contribution is 8.04. The molecule has 1 fully saturated rings. The number of thioether (sulfide) groups is 3. The van der Waals surface area contributed by atoms with E-state index in [1.165, 1.54) is 70.8 Å². The number of fused-ring (bicyclic) bond motifs is 2. The van der Waals surface area contributed by atoms with Crippen LogP contribution in [-0.2, 0) is 0 Å². The summed E-state index contributed by atoms with van der Waals surface area (Å²) in [6.45, 7) is 18.9. The molecule has 4 aromatic rings. The maximum absolute atomic E-state index is 15.4. The van der Waals surface area contributed by atoms with E-state index in [-0.39, 0.29) is 11.6 Å². The van der Waals surface area contributed by atoms with Gasteiger partial charge in [-0.2, -0.15) is 0 Å². The smallest absolute Gasteiger partial charge is 0.196 e. The van der Waals surface area contributed by atoms with Crippen molar-refractivity contribution in [2.24, 2.45) is 5.92 Å². The summed E-state index contributed by atoms with van der Waals surface area (Å²) in [6.07, 6.45) is 22.4. The molecule has 3 aliphatic rings. The van der Waals surface area contributed by atoms with Crippen LogP contribution in [0.3, 0.4) is 0 Å². The van der Waals surface area contributed by atoms with Gasteiger partial charge in [0.1, 0.15) is 0 Å². The van der Waals surface area contributed by atoms with Crippen LogP contribution in [0.15, 0.2) is 179 Å². The van der Waals surface area contributed by atoms with Crippen LogP contribution in [0.5, 0.6) is 0 Å². The maximum atomic E-state index is 15.4. The summed E-state index contributed by atoms with van der Waals surface area (Å²) in [5.74, 6) is 1.26. The van der Waals surface area contributed by atoms with Gasteiger partial charge in [0.15, 0.2) is 11.6 Å². The first kappa shape index (κ1) is 43.9. The van der Waals surface area contributed by atoms with Crippen molar-refractivity contribution in [1.82, 2.24) is 0 Å². The molecule has 4 aromatic carbocycles. The van der Waals surface area contributed by atoms with E-state index >= 15 is 9.59 Å². The Hall–Kier alpha value is -4.20. The van der Waals surface area contributed by atoms with Gasteiger partial charge >= 0.3 is 0 Å². The lowest BCUT2D eigenvalue weighted by Gasteiger charge is -2.26. The highest BCUT2D eigenvalue weighted by Crippen LogP contribution is 2.49. The zero-order valence-electron chi connectivity index (χ0n) is 35.4. The normalized spacial score (nSPS) is 18.1. The lowest BCUT2D eigenvalue weighted by molar-refractivity contribution is 0.0970. The molecule has 7 rings (SSSR count). The molecular formula is C54H54O2S4. The third kappa shape index (κ3) is 10.3. The summed E-state index contributed by atoms with van der Waals surface area (Å²) in [7, 11) is 0. The van der Waals surface area contributed by atoms with Crippen molar-refractivity contribution in [2.45, 2.75) is 110 Å². The van der Waals surface area contributed by atoms with E-state index < -0.39 is 0 Å². The minimum Gasteiger partial charge on any atom is -0.288 e. The number of carbonyl (C=O) groups is 2. The number of rotatable bonds is 14. The molecule has 2 nitrogen and oxygen atoms in total. The zero-order chi connectivity index (χ0) is 42.3. The summed E-state index contributed by atoms with van der Waals surface area (Å²) in [5, 5.41) is 0. The van der Waals surface area contributed by atoms with Gasteiger partial charge in [-0.15, -0.1) is 0 Å². The van der Waals surface area contributed by atoms with E-state index in [2.05, 4.69) is 113 Å². The number of allylic oxidation sites excluding steroid dienone is 10. The van der Waals surface area contributed by atoms with E-state index in [4.69, 9.17) is 0 Å². The van der Waals surface area contributed by atoms with Gasteiger partial charge in [-0.25, -0.2) is 0 Å². The van der Waals surface area contributed by atoms with E-state index in [1.807, 2.05) is 50.3 Å². The zero-order valence-corrected chi connectivity index (χ0v) is 38.7. The minimum atomic E-state index is -0.123. The molecule has 1 saturated carbocycles. The molecule has 0 bridgehead atoms. The van der Waals surface area contributed by atoms with Gasteiger partial charge < -0.3 is 0 Å². The Bertz CT molecular complexity index is 2470. The Balaban J connectivity index is 1.28. The Morgan fingerprint density at radius 1 is 0.683 bits per heavy atom. The molecule has 0 N–H and O–H groups in total. The van der Waals surface area contributed by atoms with Crippen LogP contribution in [-0.4, -0.2) is 11.6 Å². The molecule has 60 heavy (non-hydrogen) atoms. The predicted molar refractivity (Wildman–Crippen MR) is 261 cm³/mol. The van der Waals surface area contributed by atoms with Gasteiger partial charge in [0.2, 0.25) is 0 Å². The number of hydrogen-bond donors (Lipinski definition) is 0. The lowest BCUT2D eigenvalue weighted by atomic mass is 9.79. The molecular weight excluding hydrogens is 809 g/mol. The standard InChI is InChI=1S/C54H54O2S4/c1-8-10-11-42(9-2)58-46-32-33-48(59-43-26-15-36(6)16-27-43)52-50(46)54(56)51-47(31-30-45(49(51)53(52)55)57-37(7)17-12-34(3)4)60-44-28-24-41(25-29-44)40-22-20-39(21-23-40)38-18-13-35(5)14-19-38/h9-12,15,17,20-26,28-33,35,38H,3,7-8,13-14,16,18-19,27H2,1-2,4-6H3/b11-10-,17-12-,42-9+. The van der Waals surface area contributed by atoms with Crippen LogP contribution in [0, 0.1) is 5.92 Å². The quantitative estimate of drug-likeness (QED) is 0.0817. The van der Waals surface area contributed by atoms with Gasteiger partial charge in [0.05, 0.1) is 0 Å². The first-order chi connectivity index (χ1) is 29.0. The lowest BCUT2D eigenvalue weighted by Crippen LogP contribution is -2.24. The molecule has 0 saturated heterocycles. The molecule has 0 aromatic heterocycles. The fourth-order valence-corrected chi connectivity index (χ4v) is 11.7. The first-order valence-electron chi connectivity index (χ1n) is 21.1. The second kappa shape index (κ2) is 20.1. The fraction of sp³-hybridized carbons (Fsp3) is 0.259. The Morgan fingerprint density at radius 2 is 1.25 bits per heavy atom. The Labute approximate surface area is 375 Å². The molecule has 6 heteroatoms. The summed E-state index contributed by atoms with van der Waals surface area (Å²) in [5.41, 5.74) is 7.93. The van der Waals surface area contributed by atoms with Gasteiger partial charge in [0.25, 0.3) is 0 Å². The van der Waals surface area contributed by atoms with Crippen molar-refractivity contribution < 1.29 is 9.59 Å². The number of hydrogen-bond acceptors (Lipinski definition) is 6. The van der Waals surface area contributed by atoms with Crippen molar-refractivity contribution in [1.29, 1.82) is 0 Å². The number of benzene rings is 4. The fourth-order valence-electron chi connectivity index (χ4n) is 7.91. The molecule has 0 unspecified atom stereocenters. The molecule has 0 radical (unpaired) electrons. The van der Waals surface area contributed by atoms with Gasteiger partial charge in [-0.3, -0.25) is 9.59 Å². The van der Waals surface area contributed by atoms with E-state index in [1.54, 1.807) is 23.5 Å². The SMILES string of the molecule is C=C(C)/C=C\C(=C)Sc1ccc(Sc2ccc(-c3ccc(C4CCC(C)CC4)cc3)cc2)c2c1C(=O)c1c(SC3=CC=C(C)CC3)ccc(SC(/C=C\CC)=C/C)c1C2=O. The van der Waals surface area contributed by atoms with Crippen molar-refractivity contribution in [3.63, 3.8) is 0 Å².